The van der Waals surface area contributed by atoms with Crippen LogP contribution >= 0.6 is 11.6 Å². The number of phenols is 1. The number of hydrogen-bond acceptors (Lipinski definition) is 4. The Morgan fingerprint density at radius 1 is 1.30 bits per heavy atom. The molecule has 106 valence electrons. The summed E-state index contributed by atoms with van der Waals surface area (Å²) in [7, 11) is -4.37. The molecular formula is C12H11ClN2O4S. The number of hydrogen-bond donors (Lipinski definition) is 3. The largest absolute Gasteiger partial charge is 0.507 e. The predicted molar refractivity (Wildman–Crippen MR) is 77.4 cm³/mol. The van der Waals surface area contributed by atoms with Crippen molar-refractivity contribution in [3.05, 3.63) is 30.3 Å². The quantitative estimate of drug-likeness (QED) is 0.347. The van der Waals surface area contributed by atoms with Crippen molar-refractivity contribution in [3.8, 4) is 5.75 Å². The van der Waals surface area contributed by atoms with Gasteiger partial charge in [0, 0.05) is 11.5 Å². The molecular weight excluding hydrogens is 304 g/mol. The van der Waals surface area contributed by atoms with E-state index in [1.54, 1.807) is 12.1 Å². The zero-order valence-electron chi connectivity index (χ0n) is 10.1. The molecule has 6 nitrogen and oxygen atoms in total. The molecule has 0 amide bonds. The maximum atomic E-state index is 11.1. The van der Waals surface area contributed by atoms with Crippen molar-refractivity contribution in [3.63, 3.8) is 0 Å². The first kappa shape index (κ1) is 14.6. The van der Waals surface area contributed by atoms with Crippen molar-refractivity contribution in [1.82, 2.24) is 0 Å². The summed E-state index contributed by atoms with van der Waals surface area (Å²) >= 11 is 5.52. The summed E-state index contributed by atoms with van der Waals surface area (Å²) in [5, 5.41) is 10.7. The molecule has 0 aliphatic carbocycles. The summed E-state index contributed by atoms with van der Waals surface area (Å²) in [4.78, 5) is 3.65. The molecule has 0 fully saturated rings. The van der Waals surface area contributed by atoms with E-state index in [1.807, 2.05) is 0 Å². The summed E-state index contributed by atoms with van der Waals surface area (Å²) in [6.45, 7) is 0. The average Bonchev–Trinajstić information content (AvgIpc) is 2.38. The second-order valence-electron chi connectivity index (χ2n) is 4.06. The van der Waals surface area contributed by atoms with E-state index in [1.165, 1.54) is 12.1 Å². The first-order valence-corrected chi connectivity index (χ1v) is 7.42. The zero-order chi connectivity index (χ0) is 14.9. The summed E-state index contributed by atoms with van der Waals surface area (Å²) in [6.07, 6.45) is 0. The Kier molecular flexibility index (Phi) is 3.85. The summed E-state index contributed by atoms with van der Waals surface area (Å²) < 4.78 is 31.1. The highest BCUT2D eigenvalue weighted by molar-refractivity contribution is 7.85. The summed E-state index contributed by atoms with van der Waals surface area (Å²) in [5.41, 5.74) is 5.99. The van der Waals surface area contributed by atoms with Crippen LogP contribution in [0.4, 0.5) is 5.69 Å². The summed E-state index contributed by atoms with van der Waals surface area (Å²) in [6, 6.07) is 6.91. The van der Waals surface area contributed by atoms with Crippen LogP contribution in [0.3, 0.4) is 0 Å². The number of aliphatic imine (C=N–C) groups is 1. The molecule has 20 heavy (non-hydrogen) atoms. The minimum atomic E-state index is -4.37. The molecule has 4 N–H and O–H groups in total. The molecule has 0 saturated carbocycles. The third-order valence-electron chi connectivity index (χ3n) is 2.60. The van der Waals surface area contributed by atoms with Crippen LogP contribution in [0.1, 0.15) is 0 Å². The van der Waals surface area contributed by atoms with Gasteiger partial charge in [-0.2, -0.15) is 8.42 Å². The number of nitrogens with zero attached hydrogens (tertiary/aromatic N) is 1. The Labute approximate surface area is 120 Å². The average molecular weight is 315 g/mol. The van der Waals surface area contributed by atoms with E-state index >= 15 is 0 Å². The Balaban J connectivity index is 2.64. The van der Waals surface area contributed by atoms with Gasteiger partial charge in [0.1, 0.15) is 11.6 Å². The summed E-state index contributed by atoms with van der Waals surface area (Å²) in [5.74, 6) is 0.0165. The van der Waals surface area contributed by atoms with E-state index in [2.05, 4.69) is 4.99 Å². The highest BCUT2D eigenvalue weighted by atomic mass is 35.5. The molecule has 0 bridgehead atoms. The molecule has 0 radical (unpaired) electrons. The number of halogens is 1. The topological polar surface area (TPSA) is 113 Å². The first-order chi connectivity index (χ1) is 9.31. The Hall–Kier alpha value is -1.83. The van der Waals surface area contributed by atoms with Crippen molar-refractivity contribution >= 4 is 44.0 Å². The lowest BCUT2D eigenvalue weighted by Crippen LogP contribution is -2.12. The van der Waals surface area contributed by atoms with Gasteiger partial charge in [-0.3, -0.25) is 4.55 Å². The van der Waals surface area contributed by atoms with Crippen LogP contribution in [0.5, 0.6) is 5.75 Å². The molecule has 2 rings (SSSR count). The lowest BCUT2D eigenvalue weighted by Gasteiger charge is -2.05. The van der Waals surface area contributed by atoms with Gasteiger partial charge in [-0.25, -0.2) is 4.99 Å². The van der Waals surface area contributed by atoms with E-state index in [-0.39, 0.29) is 22.4 Å². The fraction of sp³-hybridized carbons (Fsp3) is 0.0833. The first-order valence-electron chi connectivity index (χ1n) is 5.44. The van der Waals surface area contributed by atoms with Gasteiger partial charge < -0.3 is 10.8 Å². The lowest BCUT2D eigenvalue weighted by molar-refractivity contribution is 0.471. The third kappa shape index (κ3) is 3.01. The molecule has 0 saturated heterocycles. The minimum absolute atomic E-state index is 0.0751. The normalized spacial score (nSPS) is 12.8. The van der Waals surface area contributed by atoms with Crippen molar-refractivity contribution in [2.75, 3.05) is 5.88 Å². The Bertz CT molecular complexity index is 802. The number of fused-ring (bicyclic) bond motifs is 1. The van der Waals surface area contributed by atoms with E-state index < -0.39 is 10.1 Å². The van der Waals surface area contributed by atoms with Crippen LogP contribution in [0, 0.1) is 0 Å². The Morgan fingerprint density at radius 3 is 2.60 bits per heavy atom. The number of phenolic OH excluding ortho intramolecular Hbond substituents is 1. The number of alkyl halides is 1. The fourth-order valence-electron chi connectivity index (χ4n) is 1.71. The van der Waals surface area contributed by atoms with Gasteiger partial charge in [0.15, 0.2) is 0 Å². The van der Waals surface area contributed by atoms with Gasteiger partial charge in [0.2, 0.25) is 0 Å². The van der Waals surface area contributed by atoms with Crippen molar-refractivity contribution in [2.24, 2.45) is 10.7 Å². The van der Waals surface area contributed by atoms with Gasteiger partial charge in [-0.05, 0) is 23.6 Å². The van der Waals surface area contributed by atoms with Crippen LogP contribution in [0.2, 0.25) is 0 Å². The van der Waals surface area contributed by atoms with Crippen molar-refractivity contribution < 1.29 is 18.1 Å². The monoisotopic (exact) mass is 314 g/mol. The van der Waals surface area contributed by atoms with Gasteiger partial charge in [0.25, 0.3) is 10.1 Å². The Morgan fingerprint density at radius 2 is 2.00 bits per heavy atom. The molecule has 2 aromatic carbocycles. The maximum absolute atomic E-state index is 11.1. The van der Waals surface area contributed by atoms with Crippen LogP contribution in [-0.4, -0.2) is 29.8 Å². The minimum Gasteiger partial charge on any atom is -0.507 e. The van der Waals surface area contributed by atoms with Crippen molar-refractivity contribution in [2.45, 2.75) is 4.90 Å². The van der Waals surface area contributed by atoms with E-state index in [0.29, 0.717) is 16.5 Å². The van der Waals surface area contributed by atoms with Gasteiger partial charge >= 0.3 is 0 Å². The highest BCUT2D eigenvalue weighted by Gasteiger charge is 2.13. The number of benzene rings is 2. The molecule has 0 aliphatic rings. The van der Waals surface area contributed by atoms with Crippen LogP contribution in [0.15, 0.2) is 40.2 Å². The SMILES string of the molecule is NC(CCl)=Nc1ccc2cc(S(=O)(=O)O)cc(O)c2c1. The van der Waals surface area contributed by atoms with E-state index in [4.69, 9.17) is 21.9 Å². The second kappa shape index (κ2) is 5.28. The van der Waals surface area contributed by atoms with Gasteiger partial charge in [-0.15, -0.1) is 11.6 Å². The maximum Gasteiger partial charge on any atom is 0.294 e. The number of aromatic hydroxyl groups is 1. The standard InChI is InChI=1S/C12H11ClN2O4S/c13-6-12(14)15-8-2-1-7-3-9(20(17,18)19)5-11(16)10(7)4-8/h1-5,16H,6H2,(H2,14,15)(H,17,18,19). The fourth-order valence-corrected chi connectivity index (χ4v) is 2.31. The smallest absolute Gasteiger partial charge is 0.294 e. The van der Waals surface area contributed by atoms with Gasteiger partial charge in [0.05, 0.1) is 16.5 Å². The van der Waals surface area contributed by atoms with Crippen molar-refractivity contribution in [1.29, 1.82) is 0 Å². The molecule has 2 aromatic rings. The van der Waals surface area contributed by atoms with E-state index in [0.717, 1.165) is 6.07 Å². The molecule has 8 heteroatoms. The van der Waals surface area contributed by atoms with E-state index in [9.17, 15) is 13.5 Å². The third-order valence-corrected chi connectivity index (χ3v) is 3.70. The number of amidine groups is 1. The number of nitrogens with two attached hydrogens (primary N) is 1. The molecule has 0 atom stereocenters. The molecule has 0 heterocycles. The van der Waals surface area contributed by atoms with Crippen LogP contribution in [-0.2, 0) is 10.1 Å². The highest BCUT2D eigenvalue weighted by Crippen LogP contribution is 2.31. The number of rotatable bonds is 3. The molecule has 0 spiro atoms. The predicted octanol–water partition coefficient (Wildman–Crippen LogP) is 2.02. The zero-order valence-corrected chi connectivity index (χ0v) is 11.7. The molecule has 0 unspecified atom stereocenters. The molecule has 0 aromatic heterocycles. The van der Waals surface area contributed by atoms with Crippen LogP contribution in [0.25, 0.3) is 10.8 Å². The van der Waals surface area contributed by atoms with Crippen LogP contribution < -0.4 is 5.73 Å². The second-order valence-corrected chi connectivity index (χ2v) is 5.75. The molecule has 0 aliphatic heterocycles. The van der Waals surface area contributed by atoms with Gasteiger partial charge in [-0.1, -0.05) is 6.07 Å². The lowest BCUT2D eigenvalue weighted by atomic mass is 10.1.